The molecule has 1 N–H and O–H groups in total. The fraction of sp³-hybridized carbons (Fsp3) is 0.455. The Balaban J connectivity index is 1.37. The lowest BCUT2D eigenvalue weighted by atomic mass is 9.88. The van der Waals surface area contributed by atoms with Crippen molar-refractivity contribution in [1.29, 1.82) is 0 Å². The Morgan fingerprint density at radius 2 is 2.11 bits per heavy atom. The summed E-state index contributed by atoms with van der Waals surface area (Å²) >= 11 is 1.46. The van der Waals surface area contributed by atoms with E-state index >= 15 is 0 Å². The Labute approximate surface area is 169 Å². The predicted octanol–water partition coefficient (Wildman–Crippen LogP) is 3.22. The molecule has 6 heteroatoms. The molecule has 0 radical (unpaired) electrons. The van der Waals surface area contributed by atoms with Crippen LogP contribution >= 0.6 is 11.3 Å². The van der Waals surface area contributed by atoms with Gasteiger partial charge in [-0.15, -0.1) is 11.3 Å². The monoisotopic (exact) mass is 398 g/mol. The second-order valence-corrected chi connectivity index (χ2v) is 8.46. The third-order valence-corrected chi connectivity index (χ3v) is 6.53. The Kier molecular flexibility index (Phi) is 6.20. The van der Waals surface area contributed by atoms with Gasteiger partial charge in [0, 0.05) is 19.0 Å². The molecule has 2 heterocycles. The van der Waals surface area contributed by atoms with Crippen molar-refractivity contribution < 1.29 is 14.3 Å². The molecule has 4 rings (SSSR count). The molecule has 1 aromatic carbocycles. The average Bonchev–Trinajstić information content (AvgIpc) is 3.25. The summed E-state index contributed by atoms with van der Waals surface area (Å²) in [4.78, 5) is 28.1. The van der Waals surface area contributed by atoms with E-state index in [0.29, 0.717) is 32.7 Å². The van der Waals surface area contributed by atoms with Crippen LogP contribution in [0.25, 0.3) is 0 Å². The van der Waals surface area contributed by atoms with Gasteiger partial charge in [-0.25, -0.2) is 0 Å². The van der Waals surface area contributed by atoms with Crippen molar-refractivity contribution in [3.8, 4) is 0 Å². The molecule has 0 saturated carbocycles. The van der Waals surface area contributed by atoms with Crippen LogP contribution in [0.15, 0.2) is 41.8 Å². The number of carbonyl (C=O) groups is 2. The third-order valence-electron chi connectivity index (χ3n) is 5.62. The lowest BCUT2D eigenvalue weighted by molar-refractivity contribution is -0.125. The molecule has 1 saturated heterocycles. The number of hydrogen-bond donors (Lipinski definition) is 1. The fourth-order valence-corrected chi connectivity index (χ4v) is 4.84. The van der Waals surface area contributed by atoms with E-state index < -0.39 is 0 Å². The van der Waals surface area contributed by atoms with Crippen LogP contribution < -0.4 is 5.32 Å². The Morgan fingerprint density at radius 3 is 2.96 bits per heavy atom. The number of nitrogens with one attached hydrogen (secondary N) is 1. The van der Waals surface area contributed by atoms with E-state index in [9.17, 15) is 9.59 Å². The first kappa shape index (κ1) is 19.3. The van der Waals surface area contributed by atoms with Crippen molar-refractivity contribution in [2.45, 2.75) is 37.8 Å². The summed E-state index contributed by atoms with van der Waals surface area (Å²) in [6.07, 6.45) is 3.54. The van der Waals surface area contributed by atoms with Crippen LogP contribution in [0.5, 0.6) is 0 Å². The quantitative estimate of drug-likeness (QED) is 0.759. The maximum atomic E-state index is 12.8. The molecule has 1 aliphatic carbocycles. The molecule has 1 fully saturated rings. The number of fused-ring (bicyclic) bond motifs is 1. The van der Waals surface area contributed by atoms with Crippen molar-refractivity contribution in [2.24, 2.45) is 0 Å². The van der Waals surface area contributed by atoms with Gasteiger partial charge in [0.2, 0.25) is 5.91 Å². The number of hydrogen-bond acceptors (Lipinski definition) is 5. The summed E-state index contributed by atoms with van der Waals surface area (Å²) in [5.74, 6) is 0.147. The standard InChI is InChI=1S/C22H26N2O3S/c25-20(21-9-4-12-28-21)13-17-15-27-11-10-24(17)14-22(26)23-19-8-3-6-16-5-1-2-7-18(16)19/h1-2,4-5,7,9,12,17,19H,3,6,8,10-11,13-15H2,(H,23,26). The van der Waals surface area contributed by atoms with E-state index in [-0.39, 0.29) is 23.8 Å². The highest BCUT2D eigenvalue weighted by Crippen LogP contribution is 2.29. The summed E-state index contributed by atoms with van der Waals surface area (Å²) in [7, 11) is 0. The molecule has 2 aliphatic rings. The lowest BCUT2D eigenvalue weighted by Crippen LogP contribution is -2.50. The summed E-state index contributed by atoms with van der Waals surface area (Å²) < 4.78 is 5.59. The topological polar surface area (TPSA) is 58.6 Å². The van der Waals surface area contributed by atoms with Crippen molar-refractivity contribution >= 4 is 23.0 Å². The van der Waals surface area contributed by atoms with Crippen LogP contribution in [0, 0.1) is 0 Å². The van der Waals surface area contributed by atoms with Gasteiger partial charge in [-0.05, 0) is 41.8 Å². The minimum atomic E-state index is -0.0484. The Bertz CT molecular complexity index is 821. The molecular weight excluding hydrogens is 372 g/mol. The highest BCUT2D eigenvalue weighted by atomic mass is 32.1. The lowest BCUT2D eigenvalue weighted by Gasteiger charge is -2.35. The van der Waals surface area contributed by atoms with E-state index in [1.807, 2.05) is 23.6 Å². The van der Waals surface area contributed by atoms with Crippen LogP contribution in [0.1, 0.15) is 46.1 Å². The van der Waals surface area contributed by atoms with Crippen molar-refractivity contribution in [3.63, 3.8) is 0 Å². The Morgan fingerprint density at radius 1 is 1.21 bits per heavy atom. The van der Waals surface area contributed by atoms with Gasteiger partial charge in [-0.1, -0.05) is 30.3 Å². The molecule has 2 atom stereocenters. The van der Waals surface area contributed by atoms with Gasteiger partial charge in [0.1, 0.15) is 0 Å². The number of carbonyl (C=O) groups excluding carboxylic acids is 2. The van der Waals surface area contributed by atoms with Gasteiger partial charge in [-0.3, -0.25) is 14.5 Å². The van der Waals surface area contributed by atoms with Crippen LogP contribution in [-0.2, 0) is 16.0 Å². The summed E-state index contributed by atoms with van der Waals surface area (Å²) in [6.45, 7) is 2.08. The summed E-state index contributed by atoms with van der Waals surface area (Å²) in [6, 6.07) is 12.2. The first-order valence-electron chi connectivity index (χ1n) is 9.96. The highest BCUT2D eigenvalue weighted by Gasteiger charge is 2.29. The number of rotatable bonds is 6. The molecule has 1 aliphatic heterocycles. The van der Waals surface area contributed by atoms with E-state index in [1.54, 1.807) is 0 Å². The summed E-state index contributed by atoms with van der Waals surface area (Å²) in [5, 5.41) is 5.13. The largest absolute Gasteiger partial charge is 0.378 e. The maximum Gasteiger partial charge on any atom is 0.234 e. The number of aryl methyl sites for hydroxylation is 1. The predicted molar refractivity (Wildman–Crippen MR) is 110 cm³/mol. The third kappa shape index (κ3) is 4.51. The van der Waals surface area contributed by atoms with Crippen LogP contribution in [0.2, 0.25) is 0 Å². The minimum Gasteiger partial charge on any atom is -0.378 e. The molecule has 2 unspecified atom stereocenters. The molecule has 1 aromatic heterocycles. The van der Waals surface area contributed by atoms with E-state index in [0.717, 1.165) is 24.1 Å². The first-order chi connectivity index (χ1) is 13.7. The molecule has 5 nitrogen and oxygen atoms in total. The molecule has 148 valence electrons. The molecular formula is C22H26N2O3S. The van der Waals surface area contributed by atoms with Crippen molar-refractivity contribution in [1.82, 2.24) is 10.2 Å². The normalized spacial score (nSPS) is 22.4. The van der Waals surface area contributed by atoms with Crippen molar-refractivity contribution in [3.05, 3.63) is 57.8 Å². The van der Waals surface area contributed by atoms with Gasteiger partial charge in [0.05, 0.1) is 30.7 Å². The van der Waals surface area contributed by atoms with Gasteiger partial charge >= 0.3 is 0 Å². The molecule has 28 heavy (non-hydrogen) atoms. The molecule has 1 amide bonds. The fourth-order valence-electron chi connectivity index (χ4n) is 4.17. The average molecular weight is 399 g/mol. The second kappa shape index (κ2) is 8.99. The zero-order valence-corrected chi connectivity index (χ0v) is 16.7. The zero-order chi connectivity index (χ0) is 19.3. The number of Topliss-reactive ketones (excluding diaryl/α,β-unsaturated/α-hetero) is 1. The van der Waals surface area contributed by atoms with Gasteiger partial charge < -0.3 is 10.1 Å². The van der Waals surface area contributed by atoms with Crippen LogP contribution in [0.4, 0.5) is 0 Å². The van der Waals surface area contributed by atoms with Crippen molar-refractivity contribution in [2.75, 3.05) is 26.3 Å². The number of thiophene rings is 1. The Hall–Kier alpha value is -2.02. The van der Waals surface area contributed by atoms with Crippen LogP contribution in [-0.4, -0.2) is 48.9 Å². The van der Waals surface area contributed by atoms with Gasteiger partial charge in [0.25, 0.3) is 0 Å². The van der Waals surface area contributed by atoms with E-state index in [1.165, 1.54) is 22.5 Å². The smallest absolute Gasteiger partial charge is 0.234 e. The SMILES string of the molecule is O=C(CN1CCOCC1CC(=O)c1cccs1)NC1CCCc2ccccc21. The number of ether oxygens (including phenoxy) is 1. The van der Waals surface area contributed by atoms with E-state index in [4.69, 9.17) is 4.74 Å². The molecule has 0 spiro atoms. The van der Waals surface area contributed by atoms with E-state index in [2.05, 4.69) is 28.4 Å². The first-order valence-corrected chi connectivity index (χ1v) is 10.8. The number of nitrogens with zero attached hydrogens (tertiary/aromatic N) is 1. The molecule has 2 aromatic rings. The molecule has 0 bridgehead atoms. The number of amides is 1. The summed E-state index contributed by atoms with van der Waals surface area (Å²) in [5.41, 5.74) is 2.58. The highest BCUT2D eigenvalue weighted by molar-refractivity contribution is 7.12. The minimum absolute atomic E-state index is 0.0252. The maximum absolute atomic E-state index is 12.8. The van der Waals surface area contributed by atoms with Gasteiger partial charge in [-0.2, -0.15) is 0 Å². The second-order valence-electron chi connectivity index (χ2n) is 7.51. The number of ketones is 1. The van der Waals surface area contributed by atoms with Crippen LogP contribution in [0.3, 0.4) is 0 Å². The van der Waals surface area contributed by atoms with Gasteiger partial charge in [0.15, 0.2) is 5.78 Å². The zero-order valence-electron chi connectivity index (χ0n) is 15.9. The number of morpholine rings is 1. The number of benzene rings is 1.